The molecule has 0 saturated carbocycles. The van der Waals surface area contributed by atoms with Crippen molar-refractivity contribution >= 4 is 17.4 Å². The summed E-state index contributed by atoms with van der Waals surface area (Å²) in [6.07, 6.45) is 4.20. The van der Waals surface area contributed by atoms with Gasteiger partial charge in [0.15, 0.2) is 0 Å². The SMILES string of the molecule is CN(C)CC1CCCN1c1nccc(CN)c1Cl. The van der Waals surface area contributed by atoms with Crippen LogP contribution in [0.2, 0.25) is 5.02 Å². The maximum Gasteiger partial charge on any atom is 0.147 e. The van der Waals surface area contributed by atoms with Crippen molar-refractivity contribution in [2.45, 2.75) is 25.4 Å². The molecule has 5 heteroatoms. The predicted octanol–water partition coefficient (Wildman–Crippen LogP) is 1.72. The lowest BCUT2D eigenvalue weighted by molar-refractivity contribution is 0.371. The van der Waals surface area contributed by atoms with Crippen LogP contribution in [0.25, 0.3) is 0 Å². The van der Waals surface area contributed by atoms with Gasteiger partial charge in [-0.2, -0.15) is 0 Å². The fourth-order valence-electron chi connectivity index (χ4n) is 2.56. The second kappa shape index (κ2) is 5.87. The molecule has 1 saturated heterocycles. The van der Waals surface area contributed by atoms with Gasteiger partial charge in [-0.1, -0.05) is 11.6 Å². The van der Waals surface area contributed by atoms with Crippen LogP contribution in [0.4, 0.5) is 5.82 Å². The zero-order chi connectivity index (χ0) is 13.1. The molecular formula is C13H21ClN4. The molecule has 4 nitrogen and oxygen atoms in total. The summed E-state index contributed by atoms with van der Waals surface area (Å²) in [6, 6.07) is 2.39. The number of aromatic nitrogens is 1. The third-order valence-electron chi connectivity index (χ3n) is 3.40. The van der Waals surface area contributed by atoms with E-state index in [2.05, 4.69) is 28.9 Å². The van der Waals surface area contributed by atoms with Gasteiger partial charge in [0.2, 0.25) is 0 Å². The molecule has 2 N–H and O–H groups in total. The Balaban J connectivity index is 2.24. The maximum atomic E-state index is 6.39. The van der Waals surface area contributed by atoms with Crippen LogP contribution in [0.15, 0.2) is 12.3 Å². The quantitative estimate of drug-likeness (QED) is 0.903. The third kappa shape index (κ3) is 2.76. The van der Waals surface area contributed by atoms with E-state index in [1.54, 1.807) is 6.20 Å². The Kier molecular flexibility index (Phi) is 4.43. The summed E-state index contributed by atoms with van der Waals surface area (Å²) in [6.45, 7) is 2.52. The van der Waals surface area contributed by atoms with Crippen molar-refractivity contribution in [3.63, 3.8) is 0 Å². The summed E-state index contributed by atoms with van der Waals surface area (Å²) in [5, 5.41) is 0.714. The molecule has 1 atom stereocenters. The number of hydrogen-bond donors (Lipinski definition) is 1. The number of nitrogens with two attached hydrogens (primary N) is 1. The zero-order valence-corrected chi connectivity index (χ0v) is 11.8. The van der Waals surface area contributed by atoms with Gasteiger partial charge in [-0.15, -0.1) is 0 Å². The van der Waals surface area contributed by atoms with Crippen molar-refractivity contribution in [2.75, 3.05) is 32.1 Å². The molecule has 1 aliphatic rings. The predicted molar refractivity (Wildman–Crippen MR) is 76.1 cm³/mol. The molecule has 2 heterocycles. The highest BCUT2D eigenvalue weighted by molar-refractivity contribution is 6.33. The summed E-state index contributed by atoms with van der Waals surface area (Å²) in [5.74, 6) is 0.893. The zero-order valence-electron chi connectivity index (χ0n) is 11.1. The second-order valence-corrected chi connectivity index (χ2v) is 5.44. The Morgan fingerprint density at radius 1 is 1.56 bits per heavy atom. The summed E-state index contributed by atoms with van der Waals surface area (Å²) in [7, 11) is 4.20. The van der Waals surface area contributed by atoms with Crippen LogP contribution in [-0.2, 0) is 6.54 Å². The first-order chi connectivity index (χ1) is 8.63. The lowest BCUT2D eigenvalue weighted by atomic mass is 10.2. The fourth-order valence-corrected chi connectivity index (χ4v) is 2.85. The van der Waals surface area contributed by atoms with E-state index in [0.29, 0.717) is 17.6 Å². The number of halogens is 1. The van der Waals surface area contributed by atoms with Gasteiger partial charge < -0.3 is 15.5 Å². The largest absolute Gasteiger partial charge is 0.351 e. The Morgan fingerprint density at radius 3 is 3.00 bits per heavy atom. The van der Waals surface area contributed by atoms with Gasteiger partial charge in [0.1, 0.15) is 5.82 Å². The van der Waals surface area contributed by atoms with E-state index >= 15 is 0 Å². The molecule has 100 valence electrons. The van der Waals surface area contributed by atoms with Crippen molar-refractivity contribution < 1.29 is 0 Å². The summed E-state index contributed by atoms with van der Waals surface area (Å²) in [5.41, 5.74) is 6.66. The first-order valence-corrected chi connectivity index (χ1v) is 6.76. The van der Waals surface area contributed by atoms with E-state index < -0.39 is 0 Å². The van der Waals surface area contributed by atoms with Gasteiger partial charge in [0.25, 0.3) is 0 Å². The summed E-state index contributed by atoms with van der Waals surface area (Å²) < 4.78 is 0. The monoisotopic (exact) mass is 268 g/mol. The van der Waals surface area contributed by atoms with Crippen molar-refractivity contribution in [1.82, 2.24) is 9.88 Å². The number of rotatable bonds is 4. The first-order valence-electron chi connectivity index (χ1n) is 6.38. The minimum atomic E-state index is 0.459. The normalized spacial score (nSPS) is 19.8. The van der Waals surface area contributed by atoms with Gasteiger partial charge in [0.05, 0.1) is 5.02 Å². The van der Waals surface area contributed by atoms with Gasteiger partial charge in [-0.05, 0) is 38.6 Å². The van der Waals surface area contributed by atoms with E-state index in [9.17, 15) is 0 Å². The highest BCUT2D eigenvalue weighted by Crippen LogP contribution is 2.32. The van der Waals surface area contributed by atoms with E-state index in [0.717, 1.165) is 24.5 Å². The van der Waals surface area contributed by atoms with Crippen LogP contribution < -0.4 is 10.6 Å². The molecule has 1 aliphatic heterocycles. The summed E-state index contributed by atoms with van der Waals surface area (Å²) in [4.78, 5) is 8.98. The van der Waals surface area contributed by atoms with Crippen molar-refractivity contribution in [1.29, 1.82) is 0 Å². The molecule has 1 aromatic heterocycles. The van der Waals surface area contributed by atoms with Crippen molar-refractivity contribution in [3.05, 3.63) is 22.8 Å². The summed E-state index contributed by atoms with van der Waals surface area (Å²) >= 11 is 6.39. The first kappa shape index (κ1) is 13.6. The number of pyridine rings is 1. The Morgan fingerprint density at radius 2 is 2.33 bits per heavy atom. The molecule has 1 aromatic rings. The molecule has 1 fully saturated rings. The third-order valence-corrected chi connectivity index (χ3v) is 3.81. The molecule has 0 radical (unpaired) electrons. The van der Waals surface area contributed by atoms with Crippen LogP contribution >= 0.6 is 11.6 Å². The molecule has 0 aliphatic carbocycles. The standard InChI is InChI=1S/C13H21ClN4/c1-17(2)9-11-4-3-7-18(11)13-12(14)10(8-15)5-6-16-13/h5-6,11H,3-4,7-9,15H2,1-2H3. The number of likely N-dealkylation sites (N-methyl/N-ethyl adjacent to an activating group) is 1. The molecule has 0 spiro atoms. The van der Waals surface area contributed by atoms with Crippen molar-refractivity contribution in [2.24, 2.45) is 5.73 Å². The van der Waals surface area contributed by atoms with Gasteiger partial charge in [-0.25, -0.2) is 4.98 Å². The Bertz CT molecular complexity index is 408. The van der Waals surface area contributed by atoms with Crippen LogP contribution in [-0.4, -0.2) is 43.1 Å². The van der Waals surface area contributed by atoms with Crippen LogP contribution in [0.1, 0.15) is 18.4 Å². The number of hydrogen-bond acceptors (Lipinski definition) is 4. The van der Waals surface area contributed by atoms with Gasteiger partial charge in [-0.3, -0.25) is 0 Å². The molecular weight excluding hydrogens is 248 g/mol. The number of anilines is 1. The van der Waals surface area contributed by atoms with Crippen LogP contribution in [0.5, 0.6) is 0 Å². The molecule has 1 unspecified atom stereocenters. The average Bonchev–Trinajstić information content (AvgIpc) is 2.76. The Labute approximate surface area is 114 Å². The average molecular weight is 269 g/mol. The fraction of sp³-hybridized carbons (Fsp3) is 0.615. The van der Waals surface area contributed by atoms with E-state index in [4.69, 9.17) is 17.3 Å². The minimum absolute atomic E-state index is 0.459. The highest BCUT2D eigenvalue weighted by Gasteiger charge is 2.27. The van der Waals surface area contributed by atoms with E-state index in [1.165, 1.54) is 12.8 Å². The molecule has 18 heavy (non-hydrogen) atoms. The van der Waals surface area contributed by atoms with E-state index in [1.807, 2.05) is 6.07 Å². The molecule has 0 aromatic carbocycles. The topological polar surface area (TPSA) is 45.4 Å². The molecule has 0 bridgehead atoms. The molecule has 0 amide bonds. The van der Waals surface area contributed by atoms with E-state index in [-0.39, 0.29) is 0 Å². The maximum absolute atomic E-state index is 6.39. The van der Waals surface area contributed by atoms with Crippen LogP contribution in [0, 0.1) is 0 Å². The Hall–Kier alpha value is -0.840. The lowest BCUT2D eigenvalue weighted by Crippen LogP contribution is -2.38. The van der Waals surface area contributed by atoms with Gasteiger partial charge >= 0.3 is 0 Å². The van der Waals surface area contributed by atoms with Crippen molar-refractivity contribution in [3.8, 4) is 0 Å². The molecule has 2 rings (SSSR count). The minimum Gasteiger partial charge on any atom is -0.351 e. The highest BCUT2D eigenvalue weighted by atomic mass is 35.5. The smallest absolute Gasteiger partial charge is 0.147 e. The van der Waals surface area contributed by atoms with Crippen LogP contribution in [0.3, 0.4) is 0 Å². The second-order valence-electron chi connectivity index (χ2n) is 5.06. The number of nitrogens with zero attached hydrogens (tertiary/aromatic N) is 3. The lowest BCUT2D eigenvalue weighted by Gasteiger charge is -2.29. The van der Waals surface area contributed by atoms with Gasteiger partial charge in [0, 0.05) is 31.9 Å².